The normalized spacial score (nSPS) is 11.7. The number of hydrogen-bond acceptors (Lipinski definition) is 2. The third kappa shape index (κ3) is 1.70. The quantitative estimate of drug-likeness (QED) is 0.270. The predicted octanol–water partition coefficient (Wildman–Crippen LogP) is 4.52. The lowest BCUT2D eigenvalue weighted by Crippen LogP contribution is -2.03. The molecule has 0 aliphatic rings. The smallest absolute Gasteiger partial charge is 0.204 e. The van der Waals surface area contributed by atoms with E-state index >= 15 is 0 Å². The Morgan fingerprint density at radius 3 is 1.29 bits per heavy atom. The number of fused-ring (bicyclic) bond motifs is 2. The van der Waals surface area contributed by atoms with E-state index in [1.165, 1.54) is 0 Å². The van der Waals surface area contributed by atoms with Gasteiger partial charge in [0.2, 0.25) is 11.6 Å². The summed E-state index contributed by atoms with van der Waals surface area (Å²) in [6.45, 7) is 0. The summed E-state index contributed by atoms with van der Waals surface area (Å²) in [5.41, 5.74) is 0. The van der Waals surface area contributed by atoms with Crippen molar-refractivity contribution < 1.29 is 45.3 Å². The monoisotopic (exact) mass is 354 g/mol. The van der Waals surface area contributed by atoms with Crippen LogP contribution in [0, 0.1) is 46.5 Å². The molecule has 0 saturated carbocycles. The summed E-state index contributed by atoms with van der Waals surface area (Å²) in [5.74, 6) is -22.0. The molecule has 0 radical (unpaired) electrons. The molecule has 0 bridgehead atoms. The van der Waals surface area contributed by atoms with Gasteiger partial charge in [0, 0.05) is 0 Å². The van der Waals surface area contributed by atoms with Crippen molar-refractivity contribution >= 4 is 21.5 Å². The molecule has 0 saturated heterocycles. The maximum absolute atomic E-state index is 14.3. The molecule has 24 heavy (non-hydrogen) atoms. The fourth-order valence-electron chi connectivity index (χ4n) is 2.38. The van der Waals surface area contributed by atoms with Gasteiger partial charge in [-0.05, 0) is 0 Å². The minimum Gasteiger partial charge on any atom is -0.504 e. The van der Waals surface area contributed by atoms with Crippen LogP contribution in [0.1, 0.15) is 0 Å². The molecule has 0 amide bonds. The largest absolute Gasteiger partial charge is 0.504 e. The first-order valence-corrected chi connectivity index (χ1v) is 5.96. The maximum atomic E-state index is 14.3. The Hall–Kier alpha value is -2.78. The van der Waals surface area contributed by atoms with Crippen LogP contribution in [0.5, 0.6) is 11.5 Å². The molecule has 0 atom stereocenters. The van der Waals surface area contributed by atoms with E-state index in [-0.39, 0.29) is 0 Å². The molecule has 0 unspecified atom stereocenters. The highest BCUT2D eigenvalue weighted by Gasteiger charge is 2.32. The first-order chi connectivity index (χ1) is 11.1. The van der Waals surface area contributed by atoms with Crippen molar-refractivity contribution in [1.29, 1.82) is 0 Å². The van der Waals surface area contributed by atoms with Crippen molar-refractivity contribution in [3.05, 3.63) is 46.5 Å². The van der Waals surface area contributed by atoms with Gasteiger partial charge in [-0.1, -0.05) is 0 Å². The van der Waals surface area contributed by atoms with Crippen LogP contribution in [0.2, 0.25) is 0 Å². The van der Waals surface area contributed by atoms with E-state index in [0.717, 1.165) is 0 Å². The Labute approximate surface area is 126 Å². The van der Waals surface area contributed by atoms with Gasteiger partial charge in [-0.3, -0.25) is 0 Å². The standard InChI is InChI=1S/C14H2F8O2/c15-5-2-1(8(18)11(21)14(24)9(2)19)6(16)4-3(5)7(17)10(20)12(22)13(4)23/h23-24H. The lowest BCUT2D eigenvalue weighted by molar-refractivity contribution is 0.379. The van der Waals surface area contributed by atoms with E-state index in [0.29, 0.717) is 0 Å². The van der Waals surface area contributed by atoms with Crippen LogP contribution in [0.3, 0.4) is 0 Å². The molecule has 0 spiro atoms. The van der Waals surface area contributed by atoms with E-state index in [4.69, 9.17) is 5.11 Å². The van der Waals surface area contributed by atoms with Crippen molar-refractivity contribution in [1.82, 2.24) is 0 Å². The summed E-state index contributed by atoms with van der Waals surface area (Å²) in [7, 11) is 0. The minimum absolute atomic E-state index is 1.65. The number of rotatable bonds is 0. The van der Waals surface area contributed by atoms with E-state index in [2.05, 4.69) is 0 Å². The summed E-state index contributed by atoms with van der Waals surface area (Å²) in [6.07, 6.45) is 0. The number of phenolic OH excluding ortho intramolecular Hbond substituents is 2. The number of benzene rings is 3. The second kappa shape index (κ2) is 4.86. The van der Waals surface area contributed by atoms with Gasteiger partial charge in [-0.25, -0.2) is 26.3 Å². The minimum atomic E-state index is -2.40. The van der Waals surface area contributed by atoms with E-state index in [1.54, 1.807) is 0 Å². The van der Waals surface area contributed by atoms with Crippen molar-refractivity contribution in [3.63, 3.8) is 0 Å². The van der Waals surface area contributed by atoms with Crippen molar-refractivity contribution in [3.8, 4) is 11.5 Å². The predicted molar refractivity (Wildman–Crippen MR) is 64.4 cm³/mol. The fourth-order valence-corrected chi connectivity index (χ4v) is 2.38. The molecular formula is C14H2F8O2. The molecule has 3 rings (SSSR count). The Kier molecular flexibility index (Phi) is 3.26. The SMILES string of the molecule is Oc1c(F)c(F)c2c(F)c3c(O)c(F)c(F)c(F)c3c(F)c2c1F. The van der Waals surface area contributed by atoms with Gasteiger partial charge in [-0.15, -0.1) is 0 Å². The summed E-state index contributed by atoms with van der Waals surface area (Å²) < 4.78 is 110. The van der Waals surface area contributed by atoms with Crippen LogP contribution < -0.4 is 0 Å². The molecular weight excluding hydrogens is 352 g/mol. The Bertz CT molecular complexity index is 896. The Morgan fingerprint density at radius 1 is 0.333 bits per heavy atom. The second-order valence-electron chi connectivity index (χ2n) is 4.71. The van der Waals surface area contributed by atoms with Crippen LogP contribution in [0.4, 0.5) is 35.1 Å². The van der Waals surface area contributed by atoms with Gasteiger partial charge < -0.3 is 10.2 Å². The van der Waals surface area contributed by atoms with Crippen LogP contribution >= 0.6 is 0 Å². The first kappa shape index (κ1) is 16.1. The molecule has 2 N–H and O–H groups in total. The van der Waals surface area contributed by atoms with Gasteiger partial charge in [0.1, 0.15) is 11.6 Å². The molecule has 0 aromatic heterocycles. The third-order valence-electron chi connectivity index (χ3n) is 3.48. The number of aromatic hydroxyl groups is 2. The van der Waals surface area contributed by atoms with Gasteiger partial charge in [-0.2, -0.15) is 8.78 Å². The van der Waals surface area contributed by atoms with Gasteiger partial charge >= 0.3 is 0 Å². The average molecular weight is 354 g/mol. The maximum Gasteiger partial charge on any atom is 0.204 e. The summed E-state index contributed by atoms with van der Waals surface area (Å²) in [6, 6.07) is 0. The second-order valence-corrected chi connectivity index (χ2v) is 4.71. The molecule has 0 heterocycles. The summed E-state index contributed by atoms with van der Waals surface area (Å²) in [4.78, 5) is 0. The molecule has 2 nitrogen and oxygen atoms in total. The molecule has 126 valence electrons. The summed E-state index contributed by atoms with van der Waals surface area (Å²) >= 11 is 0. The highest BCUT2D eigenvalue weighted by atomic mass is 19.2. The number of hydrogen-bond donors (Lipinski definition) is 2. The van der Waals surface area contributed by atoms with Crippen LogP contribution in [-0.4, -0.2) is 10.2 Å². The Morgan fingerprint density at radius 2 is 0.708 bits per heavy atom. The highest BCUT2D eigenvalue weighted by molar-refractivity contribution is 6.03. The zero-order chi connectivity index (χ0) is 18.1. The lowest BCUT2D eigenvalue weighted by Gasteiger charge is -2.13. The van der Waals surface area contributed by atoms with E-state index in [1.807, 2.05) is 0 Å². The zero-order valence-electron chi connectivity index (χ0n) is 10.9. The molecule has 0 aliphatic carbocycles. The topological polar surface area (TPSA) is 40.5 Å². The van der Waals surface area contributed by atoms with E-state index in [9.17, 15) is 40.2 Å². The molecule has 0 aliphatic heterocycles. The van der Waals surface area contributed by atoms with E-state index < -0.39 is 79.6 Å². The fraction of sp³-hybridized carbons (Fsp3) is 0. The van der Waals surface area contributed by atoms with Crippen molar-refractivity contribution in [2.24, 2.45) is 0 Å². The Balaban J connectivity index is 2.82. The lowest BCUT2D eigenvalue weighted by atomic mass is 9.98. The molecule has 3 aromatic rings. The van der Waals surface area contributed by atoms with Gasteiger partial charge in [0.25, 0.3) is 0 Å². The van der Waals surface area contributed by atoms with Crippen molar-refractivity contribution in [2.75, 3.05) is 0 Å². The highest BCUT2D eigenvalue weighted by Crippen LogP contribution is 2.43. The van der Waals surface area contributed by atoms with Crippen molar-refractivity contribution in [2.45, 2.75) is 0 Å². The first-order valence-electron chi connectivity index (χ1n) is 5.96. The van der Waals surface area contributed by atoms with Crippen LogP contribution in [0.25, 0.3) is 21.5 Å². The summed E-state index contributed by atoms with van der Waals surface area (Å²) in [5, 5.41) is 11.5. The van der Waals surface area contributed by atoms with Crippen LogP contribution in [-0.2, 0) is 0 Å². The number of phenols is 2. The molecule has 0 fully saturated rings. The number of halogens is 8. The van der Waals surface area contributed by atoms with Crippen LogP contribution in [0.15, 0.2) is 0 Å². The zero-order valence-corrected chi connectivity index (χ0v) is 10.9. The molecule has 3 aromatic carbocycles. The molecule has 10 heteroatoms. The average Bonchev–Trinajstić information content (AvgIpc) is 2.55. The third-order valence-corrected chi connectivity index (χ3v) is 3.48. The van der Waals surface area contributed by atoms with Gasteiger partial charge in [0.05, 0.1) is 21.5 Å². The van der Waals surface area contributed by atoms with Gasteiger partial charge in [0.15, 0.2) is 34.8 Å².